The Bertz CT molecular complexity index is 183. The summed E-state index contributed by atoms with van der Waals surface area (Å²) in [6.07, 6.45) is 6.60. The molecule has 78 valence electrons. The maximum Gasteiger partial charge on any atom is 0.322 e. The number of hydrogen-bond acceptors (Lipinski definition) is 2. The maximum absolute atomic E-state index is 10.2. The molecule has 0 bridgehead atoms. The van der Waals surface area contributed by atoms with E-state index in [1.54, 1.807) is 0 Å². The van der Waals surface area contributed by atoms with Gasteiger partial charge in [0.25, 0.3) is 0 Å². The van der Waals surface area contributed by atoms with Crippen molar-refractivity contribution < 1.29 is 9.90 Å². The number of allylic oxidation sites excluding steroid dienone is 2. The van der Waals surface area contributed by atoms with Gasteiger partial charge in [-0.2, -0.15) is 0 Å². The fraction of sp³-hybridized carbons (Fsp3) is 0.625. The molecule has 0 aliphatic heterocycles. The fourth-order valence-electron chi connectivity index (χ4n) is 1.19. The molecule has 5 heteroatoms. The molecule has 13 heavy (non-hydrogen) atoms. The van der Waals surface area contributed by atoms with Crippen LogP contribution in [0, 0.1) is 0 Å². The quantitative estimate of drug-likeness (QED) is 0.776. The predicted molar refractivity (Wildman–Crippen MR) is 56.7 cm³/mol. The van der Waals surface area contributed by atoms with E-state index in [2.05, 4.69) is 11.4 Å². The van der Waals surface area contributed by atoms with Crippen LogP contribution >= 0.6 is 24.8 Å². The minimum atomic E-state index is -0.795. The van der Waals surface area contributed by atoms with Crippen LogP contribution in [-0.2, 0) is 4.79 Å². The summed E-state index contributed by atoms with van der Waals surface area (Å²) >= 11 is 0. The van der Waals surface area contributed by atoms with Crippen molar-refractivity contribution in [2.75, 3.05) is 6.54 Å². The lowest BCUT2D eigenvalue weighted by Gasteiger charge is -2.12. The van der Waals surface area contributed by atoms with E-state index in [9.17, 15) is 4.79 Å². The van der Waals surface area contributed by atoms with Crippen molar-refractivity contribution in [2.24, 2.45) is 0 Å². The molecule has 0 aromatic rings. The zero-order valence-corrected chi connectivity index (χ0v) is 8.92. The number of halogens is 2. The van der Waals surface area contributed by atoms with Crippen LogP contribution in [0.4, 0.5) is 0 Å². The van der Waals surface area contributed by atoms with Gasteiger partial charge in [0.2, 0.25) is 0 Å². The summed E-state index contributed by atoms with van der Waals surface area (Å²) in [4.78, 5) is 10.2. The van der Waals surface area contributed by atoms with Crippen LogP contribution in [0.15, 0.2) is 11.8 Å². The van der Waals surface area contributed by atoms with Gasteiger partial charge in [-0.25, -0.2) is 0 Å². The lowest BCUT2D eigenvalue weighted by atomic mass is 10.1. The highest BCUT2D eigenvalue weighted by Crippen LogP contribution is 2.14. The van der Waals surface area contributed by atoms with E-state index in [1.807, 2.05) is 0 Å². The van der Waals surface area contributed by atoms with Crippen molar-refractivity contribution in [1.82, 2.24) is 5.32 Å². The summed E-state index contributed by atoms with van der Waals surface area (Å²) in [6, 6.07) is 0. The van der Waals surface area contributed by atoms with E-state index in [0.29, 0.717) is 0 Å². The number of carboxylic acids is 1. The Morgan fingerprint density at radius 2 is 2.15 bits per heavy atom. The van der Waals surface area contributed by atoms with Crippen molar-refractivity contribution in [2.45, 2.75) is 25.7 Å². The first-order valence-electron chi connectivity index (χ1n) is 3.94. The first-order valence-corrected chi connectivity index (χ1v) is 3.94. The topological polar surface area (TPSA) is 49.3 Å². The summed E-state index contributed by atoms with van der Waals surface area (Å²) in [7, 11) is 0. The largest absolute Gasteiger partial charge is 0.480 e. The van der Waals surface area contributed by atoms with Crippen LogP contribution < -0.4 is 5.32 Å². The fourth-order valence-corrected chi connectivity index (χ4v) is 1.19. The lowest BCUT2D eigenvalue weighted by Crippen LogP contribution is -2.22. The zero-order valence-electron chi connectivity index (χ0n) is 7.28. The summed E-state index contributed by atoms with van der Waals surface area (Å²) < 4.78 is 0. The molecule has 0 heterocycles. The third kappa shape index (κ3) is 6.72. The molecule has 0 aromatic carbocycles. The van der Waals surface area contributed by atoms with Crippen LogP contribution in [0.25, 0.3) is 0 Å². The van der Waals surface area contributed by atoms with Gasteiger partial charge in [0, 0.05) is 5.70 Å². The van der Waals surface area contributed by atoms with E-state index in [1.165, 1.54) is 12.8 Å². The first-order chi connectivity index (χ1) is 5.29. The molecule has 1 aliphatic rings. The SMILES string of the molecule is Cl.Cl.O=C(O)CNC1=CCCCC1. The van der Waals surface area contributed by atoms with Gasteiger partial charge in [0.05, 0.1) is 0 Å². The third-order valence-corrected chi connectivity index (χ3v) is 1.76. The first kappa shape index (κ1) is 15.1. The van der Waals surface area contributed by atoms with Crippen molar-refractivity contribution in [3.63, 3.8) is 0 Å². The number of rotatable bonds is 3. The summed E-state index contributed by atoms with van der Waals surface area (Å²) in [6.45, 7) is 0.0475. The Labute approximate surface area is 90.4 Å². The molecule has 1 aliphatic carbocycles. The Hall–Kier alpha value is -0.410. The van der Waals surface area contributed by atoms with Crippen molar-refractivity contribution >= 4 is 30.8 Å². The number of hydrogen-bond donors (Lipinski definition) is 2. The van der Waals surface area contributed by atoms with Crippen molar-refractivity contribution in [1.29, 1.82) is 0 Å². The molecular formula is C8H15Cl2NO2. The van der Waals surface area contributed by atoms with Crippen LogP contribution in [0.5, 0.6) is 0 Å². The second kappa shape index (κ2) is 8.20. The lowest BCUT2D eigenvalue weighted by molar-refractivity contribution is -0.135. The second-order valence-electron chi connectivity index (χ2n) is 2.72. The minimum absolute atomic E-state index is 0. The molecule has 0 fully saturated rings. The molecule has 0 aromatic heterocycles. The smallest absolute Gasteiger partial charge is 0.322 e. The molecule has 1 rings (SSSR count). The summed E-state index contributed by atoms with van der Waals surface area (Å²) in [5.41, 5.74) is 1.10. The highest BCUT2D eigenvalue weighted by molar-refractivity contribution is 5.85. The van der Waals surface area contributed by atoms with Gasteiger partial charge in [-0.05, 0) is 25.7 Å². The molecule has 0 radical (unpaired) electrons. The van der Waals surface area contributed by atoms with Gasteiger partial charge in [0.1, 0.15) is 6.54 Å². The normalized spacial score (nSPS) is 14.6. The number of carbonyl (C=O) groups is 1. The number of aliphatic carboxylic acids is 1. The van der Waals surface area contributed by atoms with Crippen LogP contribution in [0.1, 0.15) is 25.7 Å². The van der Waals surface area contributed by atoms with Crippen molar-refractivity contribution in [3.8, 4) is 0 Å². The average Bonchev–Trinajstić information content (AvgIpc) is 2.03. The van der Waals surface area contributed by atoms with Gasteiger partial charge >= 0.3 is 5.97 Å². The molecular weight excluding hydrogens is 213 g/mol. The Kier molecular flexibility index (Phi) is 9.51. The number of carboxylic acid groups (broad SMARTS) is 1. The highest BCUT2D eigenvalue weighted by atomic mass is 35.5. The van der Waals surface area contributed by atoms with E-state index in [0.717, 1.165) is 18.5 Å². The molecule has 0 amide bonds. The van der Waals surface area contributed by atoms with Crippen LogP contribution in [-0.4, -0.2) is 17.6 Å². The van der Waals surface area contributed by atoms with E-state index in [4.69, 9.17) is 5.11 Å². The monoisotopic (exact) mass is 227 g/mol. The Balaban J connectivity index is 0. The average molecular weight is 228 g/mol. The van der Waals surface area contributed by atoms with Gasteiger partial charge in [-0.15, -0.1) is 24.8 Å². The standard InChI is InChI=1S/C8H13NO2.2ClH/c10-8(11)6-9-7-4-2-1-3-5-7;;/h4,9H,1-3,5-6H2,(H,10,11);2*1H. The van der Waals surface area contributed by atoms with Crippen LogP contribution in [0.2, 0.25) is 0 Å². The molecule has 0 atom stereocenters. The zero-order chi connectivity index (χ0) is 8.10. The Morgan fingerprint density at radius 3 is 2.62 bits per heavy atom. The third-order valence-electron chi connectivity index (χ3n) is 1.76. The highest BCUT2D eigenvalue weighted by Gasteiger charge is 2.03. The van der Waals surface area contributed by atoms with E-state index < -0.39 is 5.97 Å². The molecule has 0 saturated carbocycles. The van der Waals surface area contributed by atoms with Gasteiger partial charge in [-0.1, -0.05) is 6.08 Å². The second-order valence-corrected chi connectivity index (χ2v) is 2.72. The summed E-state index contributed by atoms with van der Waals surface area (Å²) in [5.74, 6) is -0.795. The Morgan fingerprint density at radius 1 is 1.46 bits per heavy atom. The van der Waals surface area contributed by atoms with E-state index in [-0.39, 0.29) is 31.4 Å². The summed E-state index contributed by atoms with van der Waals surface area (Å²) in [5, 5.41) is 11.2. The minimum Gasteiger partial charge on any atom is -0.480 e. The predicted octanol–water partition coefficient (Wildman–Crippen LogP) is 1.96. The molecule has 2 N–H and O–H groups in total. The molecule has 0 saturated heterocycles. The van der Waals surface area contributed by atoms with E-state index >= 15 is 0 Å². The molecule has 3 nitrogen and oxygen atoms in total. The van der Waals surface area contributed by atoms with Crippen LogP contribution in [0.3, 0.4) is 0 Å². The van der Waals surface area contributed by atoms with Crippen molar-refractivity contribution in [3.05, 3.63) is 11.8 Å². The van der Waals surface area contributed by atoms with Gasteiger partial charge in [0.15, 0.2) is 0 Å². The molecule has 0 spiro atoms. The molecule has 0 unspecified atom stereocenters. The maximum atomic E-state index is 10.2. The number of nitrogens with one attached hydrogen (secondary N) is 1. The van der Waals surface area contributed by atoms with Gasteiger partial charge in [-0.3, -0.25) is 4.79 Å². The van der Waals surface area contributed by atoms with Gasteiger partial charge < -0.3 is 10.4 Å².